The summed E-state index contributed by atoms with van der Waals surface area (Å²) in [5.74, 6) is 0.185. The number of rotatable bonds is 7. The number of nitrogens with zero attached hydrogens (tertiary/aromatic N) is 2. The van der Waals surface area contributed by atoms with E-state index in [0.717, 1.165) is 34.6 Å². The second kappa shape index (κ2) is 10.0. The molecule has 1 N–H and O–H groups in total. The Morgan fingerprint density at radius 2 is 2.03 bits per heavy atom. The fourth-order valence-electron chi connectivity index (χ4n) is 3.82. The molecule has 2 aromatic carbocycles. The molecule has 0 bridgehead atoms. The molecule has 0 spiro atoms. The van der Waals surface area contributed by atoms with Crippen molar-refractivity contribution in [1.29, 1.82) is 0 Å². The first-order chi connectivity index (χ1) is 16.0. The molecule has 8 heteroatoms. The number of nitrogens with one attached hydrogen (secondary N) is 1. The van der Waals surface area contributed by atoms with Crippen LogP contribution in [0.25, 0.3) is 11.3 Å². The maximum absolute atomic E-state index is 11.9. The number of esters is 1. The number of benzene rings is 2. The van der Waals surface area contributed by atoms with E-state index < -0.39 is 0 Å². The third-order valence-electron chi connectivity index (χ3n) is 5.40. The molecular formula is C25H27N3O4S. The minimum absolute atomic E-state index is 0.0380. The van der Waals surface area contributed by atoms with Crippen LogP contribution >= 0.6 is 11.3 Å². The highest BCUT2D eigenvalue weighted by atomic mass is 32.1. The van der Waals surface area contributed by atoms with E-state index in [4.69, 9.17) is 14.5 Å². The lowest BCUT2D eigenvalue weighted by atomic mass is 10.1. The third-order valence-corrected chi connectivity index (χ3v) is 6.24. The summed E-state index contributed by atoms with van der Waals surface area (Å²) in [6.45, 7) is 6.52. The van der Waals surface area contributed by atoms with Crippen LogP contribution in [0.5, 0.6) is 5.75 Å². The van der Waals surface area contributed by atoms with Crippen molar-refractivity contribution in [3.63, 3.8) is 0 Å². The summed E-state index contributed by atoms with van der Waals surface area (Å²) in [6, 6.07) is 13.2. The Balaban J connectivity index is 1.74. The number of anilines is 1. The van der Waals surface area contributed by atoms with Gasteiger partial charge in [-0.1, -0.05) is 13.3 Å². The van der Waals surface area contributed by atoms with Crippen molar-refractivity contribution in [3.8, 4) is 17.0 Å². The molecule has 0 aliphatic carbocycles. The van der Waals surface area contributed by atoms with E-state index in [2.05, 4.69) is 29.1 Å². The van der Waals surface area contributed by atoms with Gasteiger partial charge in [0.15, 0.2) is 11.4 Å². The molecule has 1 aliphatic rings. The van der Waals surface area contributed by atoms with Crippen LogP contribution in [0.3, 0.4) is 0 Å². The number of hydrogen-bond donors (Lipinski definition) is 1. The van der Waals surface area contributed by atoms with Gasteiger partial charge in [0.2, 0.25) is 0 Å². The third kappa shape index (κ3) is 5.01. The minimum Gasteiger partial charge on any atom is -0.482 e. The largest absolute Gasteiger partial charge is 0.482 e. The number of fused-ring (bicyclic) bond motifs is 1. The van der Waals surface area contributed by atoms with Crippen LogP contribution in [0, 0.1) is 0 Å². The predicted molar refractivity (Wildman–Crippen MR) is 129 cm³/mol. The Bertz CT molecular complexity index is 1230. The van der Waals surface area contributed by atoms with Crippen LogP contribution in [0.2, 0.25) is 0 Å². The molecule has 2 heterocycles. The van der Waals surface area contributed by atoms with Gasteiger partial charge in [0, 0.05) is 17.0 Å². The molecular weight excluding hydrogens is 438 g/mol. The highest BCUT2D eigenvalue weighted by Gasteiger charge is 2.19. The van der Waals surface area contributed by atoms with E-state index >= 15 is 0 Å². The van der Waals surface area contributed by atoms with E-state index in [0.29, 0.717) is 23.6 Å². The first-order valence-electron chi connectivity index (χ1n) is 11.1. The monoisotopic (exact) mass is 465 g/mol. The van der Waals surface area contributed by atoms with E-state index in [1.165, 1.54) is 0 Å². The van der Waals surface area contributed by atoms with Gasteiger partial charge in [-0.2, -0.15) is 0 Å². The van der Waals surface area contributed by atoms with Gasteiger partial charge in [-0.3, -0.25) is 4.79 Å². The van der Waals surface area contributed by atoms with Crippen molar-refractivity contribution >= 4 is 34.6 Å². The smallest absolute Gasteiger partial charge is 0.338 e. The topological polar surface area (TPSA) is 81.9 Å². The van der Waals surface area contributed by atoms with E-state index in [1.807, 2.05) is 30.3 Å². The number of ether oxygens (including phenoxy) is 2. The summed E-state index contributed by atoms with van der Waals surface area (Å²) in [5, 5.41) is 4.97. The van der Waals surface area contributed by atoms with Crippen molar-refractivity contribution < 1.29 is 19.1 Å². The van der Waals surface area contributed by atoms with Gasteiger partial charge < -0.3 is 19.4 Å². The summed E-state index contributed by atoms with van der Waals surface area (Å²) in [4.78, 5) is 29.4. The standard InChI is InChI=1S/C25H27N3O4S/c1-4-6-16(3)28-21(18-9-12-22-20(13-18)27-23(29)14-32-22)15-33-25(28)26-19-10-7-17(8-11-19)24(30)31-5-2/h7-13,15-16H,4-6,14H2,1-3H3,(H,27,29). The molecule has 1 aliphatic heterocycles. The summed E-state index contributed by atoms with van der Waals surface area (Å²) in [7, 11) is 0. The molecule has 0 radical (unpaired) electrons. The van der Waals surface area contributed by atoms with Crippen molar-refractivity contribution in [2.24, 2.45) is 4.99 Å². The van der Waals surface area contributed by atoms with Crippen molar-refractivity contribution in [3.05, 3.63) is 58.2 Å². The Kier molecular flexibility index (Phi) is 6.93. The zero-order valence-corrected chi connectivity index (χ0v) is 19.8. The molecule has 1 unspecified atom stereocenters. The average Bonchev–Trinajstić information content (AvgIpc) is 3.23. The van der Waals surface area contributed by atoms with Crippen molar-refractivity contribution in [1.82, 2.24) is 4.57 Å². The molecule has 0 saturated heterocycles. The van der Waals surface area contributed by atoms with E-state index in [1.54, 1.807) is 30.4 Å². The van der Waals surface area contributed by atoms with Gasteiger partial charge >= 0.3 is 5.97 Å². The molecule has 0 fully saturated rings. The fraction of sp³-hybridized carbons (Fsp3) is 0.320. The zero-order valence-electron chi connectivity index (χ0n) is 19.0. The molecule has 1 aromatic heterocycles. The quantitative estimate of drug-likeness (QED) is 0.479. The molecule has 1 amide bonds. The first-order valence-corrected chi connectivity index (χ1v) is 12.0. The maximum Gasteiger partial charge on any atom is 0.338 e. The highest BCUT2D eigenvalue weighted by Crippen LogP contribution is 2.34. The number of aromatic nitrogens is 1. The zero-order chi connectivity index (χ0) is 23.4. The first kappa shape index (κ1) is 22.8. The van der Waals surface area contributed by atoms with Gasteiger partial charge in [-0.15, -0.1) is 11.3 Å². The Morgan fingerprint density at radius 1 is 1.24 bits per heavy atom. The molecule has 172 valence electrons. The molecule has 0 saturated carbocycles. The van der Waals surface area contributed by atoms with E-state index in [-0.39, 0.29) is 24.5 Å². The second-order valence-electron chi connectivity index (χ2n) is 7.84. The van der Waals surface area contributed by atoms with Crippen molar-refractivity contribution in [2.75, 3.05) is 18.5 Å². The van der Waals surface area contributed by atoms with Gasteiger partial charge in [0.1, 0.15) is 5.75 Å². The minimum atomic E-state index is -0.336. The lowest BCUT2D eigenvalue weighted by molar-refractivity contribution is -0.118. The summed E-state index contributed by atoms with van der Waals surface area (Å²) in [5.41, 5.74) is 3.97. The normalized spacial score (nSPS) is 14.3. The average molecular weight is 466 g/mol. The number of amides is 1. The maximum atomic E-state index is 11.9. The van der Waals surface area contributed by atoms with Crippen LogP contribution in [-0.2, 0) is 9.53 Å². The lowest BCUT2D eigenvalue weighted by Gasteiger charge is -2.20. The number of carbonyl (C=O) groups is 2. The van der Waals surface area contributed by atoms with Gasteiger partial charge in [0.25, 0.3) is 5.91 Å². The number of thiazole rings is 1. The number of carbonyl (C=O) groups excluding carboxylic acids is 2. The van der Waals surface area contributed by atoms with Crippen LogP contribution in [-0.4, -0.2) is 29.7 Å². The predicted octanol–water partition coefficient (Wildman–Crippen LogP) is 5.32. The Morgan fingerprint density at radius 3 is 2.76 bits per heavy atom. The van der Waals surface area contributed by atoms with Crippen LogP contribution in [0.1, 0.15) is 50.0 Å². The molecule has 7 nitrogen and oxygen atoms in total. The summed E-state index contributed by atoms with van der Waals surface area (Å²) >= 11 is 1.56. The van der Waals surface area contributed by atoms with Crippen LogP contribution < -0.4 is 14.9 Å². The fourth-order valence-corrected chi connectivity index (χ4v) is 4.84. The number of hydrogen-bond acceptors (Lipinski definition) is 6. The van der Waals surface area contributed by atoms with Crippen LogP contribution in [0.15, 0.2) is 52.8 Å². The molecule has 1 atom stereocenters. The second-order valence-corrected chi connectivity index (χ2v) is 8.67. The van der Waals surface area contributed by atoms with Gasteiger partial charge in [-0.05, 0) is 62.7 Å². The Hall–Kier alpha value is -3.39. The van der Waals surface area contributed by atoms with Crippen molar-refractivity contribution in [2.45, 2.75) is 39.7 Å². The van der Waals surface area contributed by atoms with Gasteiger partial charge in [-0.25, -0.2) is 9.79 Å². The molecule has 33 heavy (non-hydrogen) atoms. The van der Waals surface area contributed by atoms with Gasteiger partial charge in [0.05, 0.1) is 29.2 Å². The SMILES string of the molecule is CCCC(C)n1c(-c2ccc3c(c2)NC(=O)CO3)csc1=Nc1ccc(C(=O)OCC)cc1. The Labute approximate surface area is 196 Å². The summed E-state index contributed by atoms with van der Waals surface area (Å²) < 4.78 is 12.8. The summed E-state index contributed by atoms with van der Waals surface area (Å²) in [6.07, 6.45) is 2.05. The molecule has 3 aromatic rings. The molecule has 4 rings (SSSR count). The highest BCUT2D eigenvalue weighted by molar-refractivity contribution is 7.07. The van der Waals surface area contributed by atoms with Crippen LogP contribution in [0.4, 0.5) is 11.4 Å². The van der Waals surface area contributed by atoms with E-state index in [9.17, 15) is 9.59 Å². The lowest BCUT2D eigenvalue weighted by Crippen LogP contribution is -2.25.